The van der Waals surface area contributed by atoms with E-state index in [2.05, 4.69) is 0 Å². The average Bonchev–Trinajstić information content (AvgIpc) is 1.96. The van der Waals surface area contributed by atoms with Gasteiger partial charge in [-0.15, -0.1) is 0 Å². The van der Waals surface area contributed by atoms with Crippen molar-refractivity contribution in [3.8, 4) is 0 Å². The standard InChI is InChI=1S/C4H4O4S/c5-3-1-2-4(6)9(3,7)8/h1-2,5-6H. The SMILES string of the molecule is O=S1(=O)C(O)=CC=C1O. The zero-order valence-corrected chi connectivity index (χ0v) is 5.09. The van der Waals surface area contributed by atoms with E-state index in [0.29, 0.717) is 0 Å². The van der Waals surface area contributed by atoms with E-state index in [1.54, 1.807) is 0 Å². The maximum atomic E-state index is 10.5. The third-order valence-electron chi connectivity index (χ3n) is 0.919. The molecule has 1 aliphatic heterocycles. The van der Waals surface area contributed by atoms with Gasteiger partial charge in [0.25, 0.3) is 9.84 Å². The van der Waals surface area contributed by atoms with E-state index in [9.17, 15) is 8.42 Å². The lowest BCUT2D eigenvalue weighted by Gasteiger charge is -1.91. The minimum absolute atomic E-state index is 0.806. The first kappa shape index (κ1) is 6.15. The molecule has 0 saturated carbocycles. The maximum Gasteiger partial charge on any atom is 0.271 e. The summed E-state index contributed by atoms with van der Waals surface area (Å²) in [5.41, 5.74) is 0. The third-order valence-corrected chi connectivity index (χ3v) is 2.29. The first-order chi connectivity index (χ1) is 4.05. The predicted molar refractivity (Wildman–Crippen MR) is 30.3 cm³/mol. The van der Waals surface area contributed by atoms with Crippen molar-refractivity contribution in [2.24, 2.45) is 0 Å². The molecule has 1 aliphatic rings. The summed E-state index contributed by atoms with van der Waals surface area (Å²) < 4.78 is 20.9. The van der Waals surface area contributed by atoms with E-state index in [-0.39, 0.29) is 0 Å². The van der Waals surface area contributed by atoms with E-state index in [1.165, 1.54) is 0 Å². The Morgan fingerprint density at radius 1 is 1.11 bits per heavy atom. The fraction of sp³-hybridized carbons (Fsp3) is 0. The molecule has 0 amide bonds. The van der Waals surface area contributed by atoms with Crippen molar-refractivity contribution < 1.29 is 18.6 Å². The fourth-order valence-electron chi connectivity index (χ4n) is 0.429. The molecule has 1 rings (SSSR count). The van der Waals surface area contributed by atoms with Crippen molar-refractivity contribution in [3.63, 3.8) is 0 Å². The first-order valence-corrected chi connectivity index (χ1v) is 3.58. The molecule has 0 unspecified atom stereocenters. The molecule has 0 atom stereocenters. The second-order valence-corrected chi connectivity index (χ2v) is 3.36. The molecule has 1 heterocycles. The summed E-state index contributed by atoms with van der Waals surface area (Å²) in [4.78, 5) is 0. The van der Waals surface area contributed by atoms with Gasteiger partial charge in [0, 0.05) is 0 Å². The lowest BCUT2D eigenvalue weighted by Crippen LogP contribution is -2.01. The molecular formula is C4H4O4S. The lowest BCUT2D eigenvalue weighted by atomic mass is 10.6. The van der Waals surface area contributed by atoms with E-state index in [4.69, 9.17) is 10.2 Å². The lowest BCUT2D eigenvalue weighted by molar-refractivity contribution is 0.422. The van der Waals surface area contributed by atoms with E-state index >= 15 is 0 Å². The Balaban J connectivity index is 3.29. The van der Waals surface area contributed by atoms with Crippen LogP contribution < -0.4 is 0 Å². The van der Waals surface area contributed by atoms with Crippen LogP contribution in [0, 0.1) is 0 Å². The monoisotopic (exact) mass is 148 g/mol. The molecule has 2 N–H and O–H groups in total. The zero-order chi connectivity index (χ0) is 7.07. The molecule has 0 spiro atoms. The van der Waals surface area contributed by atoms with Gasteiger partial charge in [-0.1, -0.05) is 0 Å². The predicted octanol–water partition coefficient (Wildman–Crippen LogP) is 0.214. The molecule has 0 saturated heterocycles. The molecular weight excluding hydrogens is 144 g/mol. The van der Waals surface area contributed by atoms with Crippen LogP contribution in [-0.4, -0.2) is 18.6 Å². The van der Waals surface area contributed by atoms with Crippen molar-refractivity contribution in [1.29, 1.82) is 0 Å². The zero-order valence-electron chi connectivity index (χ0n) is 4.27. The van der Waals surface area contributed by atoms with Crippen LogP contribution in [0.15, 0.2) is 22.3 Å². The molecule has 0 fully saturated rings. The number of hydrogen-bond acceptors (Lipinski definition) is 4. The average molecular weight is 148 g/mol. The van der Waals surface area contributed by atoms with Crippen molar-refractivity contribution in [2.45, 2.75) is 0 Å². The van der Waals surface area contributed by atoms with Crippen LogP contribution in [0.4, 0.5) is 0 Å². The number of sulfone groups is 1. The topological polar surface area (TPSA) is 74.6 Å². The number of aliphatic hydroxyl groups excluding tert-OH is 2. The Morgan fingerprint density at radius 3 is 1.56 bits per heavy atom. The van der Waals surface area contributed by atoms with Crippen LogP contribution in [-0.2, 0) is 9.84 Å². The van der Waals surface area contributed by atoms with Crippen LogP contribution in [0.1, 0.15) is 0 Å². The maximum absolute atomic E-state index is 10.5. The number of aliphatic hydroxyl groups is 2. The normalized spacial score (nSPS) is 23.1. The highest BCUT2D eigenvalue weighted by molar-refractivity contribution is 7.98. The third kappa shape index (κ3) is 0.692. The summed E-state index contributed by atoms with van der Waals surface area (Å²) in [5, 5.41) is 15.4. The molecule has 0 aromatic heterocycles. The molecule has 0 bridgehead atoms. The van der Waals surface area contributed by atoms with Gasteiger partial charge in [-0.2, -0.15) is 0 Å². The van der Waals surface area contributed by atoms with Gasteiger partial charge >= 0.3 is 0 Å². The number of rotatable bonds is 0. The van der Waals surface area contributed by atoms with E-state index in [1.807, 2.05) is 0 Å². The van der Waals surface area contributed by atoms with E-state index in [0.717, 1.165) is 12.2 Å². The molecule has 5 heteroatoms. The van der Waals surface area contributed by atoms with Gasteiger partial charge in [0.1, 0.15) is 0 Å². The minimum atomic E-state index is -3.87. The number of allylic oxidation sites excluding steroid dienone is 2. The second-order valence-electron chi connectivity index (χ2n) is 1.51. The molecule has 0 aromatic rings. The van der Waals surface area contributed by atoms with Gasteiger partial charge in [0.15, 0.2) is 0 Å². The second kappa shape index (κ2) is 1.51. The van der Waals surface area contributed by atoms with Gasteiger partial charge in [-0.3, -0.25) is 0 Å². The Morgan fingerprint density at radius 2 is 1.44 bits per heavy atom. The summed E-state index contributed by atoms with van der Waals surface area (Å²) in [6.45, 7) is 0. The molecule has 50 valence electrons. The Labute approximate surface area is 51.7 Å². The van der Waals surface area contributed by atoms with Gasteiger partial charge in [0.2, 0.25) is 10.2 Å². The van der Waals surface area contributed by atoms with Crippen LogP contribution in [0.3, 0.4) is 0 Å². The van der Waals surface area contributed by atoms with Gasteiger partial charge in [-0.25, -0.2) is 8.42 Å². The van der Waals surface area contributed by atoms with E-state index < -0.39 is 20.0 Å². The van der Waals surface area contributed by atoms with Crippen LogP contribution in [0.5, 0.6) is 0 Å². The van der Waals surface area contributed by atoms with Gasteiger partial charge in [-0.05, 0) is 12.2 Å². The molecule has 0 radical (unpaired) electrons. The van der Waals surface area contributed by atoms with Crippen molar-refractivity contribution in [3.05, 3.63) is 22.3 Å². The smallest absolute Gasteiger partial charge is 0.271 e. The van der Waals surface area contributed by atoms with Crippen LogP contribution in [0.2, 0.25) is 0 Å². The highest BCUT2D eigenvalue weighted by Gasteiger charge is 2.25. The largest absolute Gasteiger partial charge is 0.498 e. The van der Waals surface area contributed by atoms with Crippen molar-refractivity contribution >= 4 is 9.84 Å². The van der Waals surface area contributed by atoms with Crippen molar-refractivity contribution in [2.75, 3.05) is 0 Å². The van der Waals surface area contributed by atoms with Crippen molar-refractivity contribution in [1.82, 2.24) is 0 Å². The minimum Gasteiger partial charge on any atom is -0.498 e. The molecule has 0 aromatic carbocycles. The fourth-order valence-corrected chi connectivity index (χ4v) is 1.14. The van der Waals surface area contributed by atoms with Gasteiger partial charge in [0.05, 0.1) is 0 Å². The quantitative estimate of drug-likeness (QED) is 0.515. The Bertz CT molecular complexity index is 258. The van der Waals surface area contributed by atoms with Crippen LogP contribution in [0.25, 0.3) is 0 Å². The summed E-state index contributed by atoms with van der Waals surface area (Å²) >= 11 is 0. The Kier molecular flexibility index (Phi) is 1.03. The molecule has 0 aliphatic carbocycles. The summed E-state index contributed by atoms with van der Waals surface area (Å²) in [7, 11) is -3.87. The highest BCUT2D eigenvalue weighted by Crippen LogP contribution is 2.18. The molecule has 4 nitrogen and oxygen atoms in total. The summed E-state index contributed by atoms with van der Waals surface area (Å²) in [6, 6.07) is 0. The summed E-state index contributed by atoms with van der Waals surface area (Å²) in [6.07, 6.45) is 1.84. The number of hydrogen-bond donors (Lipinski definition) is 2. The van der Waals surface area contributed by atoms with Crippen LogP contribution >= 0.6 is 0 Å². The first-order valence-electron chi connectivity index (χ1n) is 2.10. The molecule has 9 heavy (non-hydrogen) atoms. The summed E-state index contributed by atoms with van der Waals surface area (Å²) in [5.74, 6) is 0. The Hall–Kier alpha value is -0.970. The highest BCUT2D eigenvalue weighted by atomic mass is 32.2. The van der Waals surface area contributed by atoms with Gasteiger partial charge < -0.3 is 10.2 Å².